The van der Waals surface area contributed by atoms with Gasteiger partial charge in [0.2, 0.25) is 5.91 Å². The summed E-state index contributed by atoms with van der Waals surface area (Å²) in [6.07, 6.45) is 4.45. The van der Waals surface area contributed by atoms with Gasteiger partial charge in [-0.2, -0.15) is 0 Å². The van der Waals surface area contributed by atoms with E-state index in [1.54, 1.807) is 0 Å². The maximum atomic E-state index is 12.7. The Hall–Kier alpha value is -1.39. The Kier molecular flexibility index (Phi) is 4.27. The Bertz CT molecular complexity index is 509. The molecule has 1 fully saturated rings. The molecule has 1 aromatic carbocycles. The SMILES string of the molecule is NCC1(C(=O)NC2CCc3ccccc3C2)CCOCC1. The van der Waals surface area contributed by atoms with Crippen LogP contribution in [0.1, 0.15) is 30.4 Å². The van der Waals surface area contributed by atoms with Gasteiger partial charge in [0.25, 0.3) is 0 Å². The lowest BCUT2D eigenvalue weighted by Gasteiger charge is -2.36. The molecular formula is C17H24N2O2. The average Bonchev–Trinajstić information content (AvgIpc) is 2.55. The molecule has 3 N–H and O–H groups in total. The Morgan fingerprint density at radius 3 is 2.71 bits per heavy atom. The molecule has 0 spiro atoms. The first-order valence-corrected chi connectivity index (χ1v) is 7.89. The van der Waals surface area contributed by atoms with Crippen molar-refractivity contribution in [2.45, 2.75) is 38.1 Å². The first-order chi connectivity index (χ1) is 10.2. The zero-order chi connectivity index (χ0) is 14.7. The van der Waals surface area contributed by atoms with Gasteiger partial charge in [-0.25, -0.2) is 0 Å². The first-order valence-electron chi connectivity index (χ1n) is 7.89. The zero-order valence-corrected chi connectivity index (χ0v) is 12.4. The smallest absolute Gasteiger partial charge is 0.227 e. The molecule has 1 aliphatic heterocycles. The summed E-state index contributed by atoms with van der Waals surface area (Å²) in [5.41, 5.74) is 8.27. The van der Waals surface area contributed by atoms with Crippen LogP contribution in [0.3, 0.4) is 0 Å². The zero-order valence-electron chi connectivity index (χ0n) is 12.4. The number of benzene rings is 1. The largest absolute Gasteiger partial charge is 0.381 e. The number of rotatable bonds is 3. The van der Waals surface area contributed by atoms with Crippen LogP contribution in [-0.2, 0) is 22.4 Å². The van der Waals surface area contributed by atoms with E-state index in [1.165, 1.54) is 11.1 Å². The summed E-state index contributed by atoms with van der Waals surface area (Å²) < 4.78 is 5.38. The van der Waals surface area contributed by atoms with E-state index in [4.69, 9.17) is 10.5 Å². The predicted molar refractivity (Wildman–Crippen MR) is 81.9 cm³/mol. The lowest BCUT2D eigenvalue weighted by Crippen LogP contribution is -2.52. The Morgan fingerprint density at radius 1 is 1.29 bits per heavy atom. The number of aryl methyl sites for hydroxylation is 1. The Labute approximate surface area is 126 Å². The van der Waals surface area contributed by atoms with Crippen LogP contribution in [0, 0.1) is 5.41 Å². The highest BCUT2D eigenvalue weighted by Crippen LogP contribution is 2.30. The molecule has 4 heteroatoms. The second kappa shape index (κ2) is 6.16. The van der Waals surface area contributed by atoms with Gasteiger partial charge in [0, 0.05) is 25.8 Å². The van der Waals surface area contributed by atoms with Crippen LogP contribution in [0.4, 0.5) is 0 Å². The lowest BCUT2D eigenvalue weighted by atomic mass is 9.78. The van der Waals surface area contributed by atoms with Gasteiger partial charge in [-0.15, -0.1) is 0 Å². The molecule has 1 aliphatic carbocycles. The van der Waals surface area contributed by atoms with Crippen molar-refractivity contribution in [1.29, 1.82) is 0 Å². The summed E-state index contributed by atoms with van der Waals surface area (Å²) in [4.78, 5) is 12.7. The van der Waals surface area contributed by atoms with E-state index >= 15 is 0 Å². The second-order valence-electron chi connectivity index (χ2n) is 6.28. The molecule has 0 radical (unpaired) electrons. The van der Waals surface area contributed by atoms with Crippen LogP contribution in [0.25, 0.3) is 0 Å². The fourth-order valence-corrected chi connectivity index (χ4v) is 3.45. The van der Waals surface area contributed by atoms with Crippen molar-refractivity contribution in [3.05, 3.63) is 35.4 Å². The molecule has 1 heterocycles. The Balaban J connectivity index is 1.65. The molecule has 2 aliphatic rings. The third-order valence-electron chi connectivity index (χ3n) is 5.00. The van der Waals surface area contributed by atoms with Crippen LogP contribution in [-0.4, -0.2) is 31.7 Å². The minimum absolute atomic E-state index is 0.123. The topological polar surface area (TPSA) is 64.4 Å². The molecule has 0 saturated carbocycles. The van der Waals surface area contributed by atoms with Gasteiger partial charge in [0.1, 0.15) is 0 Å². The Morgan fingerprint density at radius 2 is 2.00 bits per heavy atom. The third kappa shape index (κ3) is 2.97. The van der Waals surface area contributed by atoms with Crippen LogP contribution < -0.4 is 11.1 Å². The number of hydrogen-bond donors (Lipinski definition) is 2. The van der Waals surface area contributed by atoms with Crippen molar-refractivity contribution < 1.29 is 9.53 Å². The fourth-order valence-electron chi connectivity index (χ4n) is 3.45. The standard InChI is InChI=1S/C17H24N2O2/c18-12-17(7-9-21-10-8-17)16(20)19-15-6-5-13-3-1-2-4-14(13)11-15/h1-4,15H,5-12,18H2,(H,19,20). The lowest BCUT2D eigenvalue weighted by molar-refractivity contribution is -0.136. The maximum absolute atomic E-state index is 12.7. The number of amides is 1. The molecule has 0 bridgehead atoms. The molecular weight excluding hydrogens is 264 g/mol. The van der Waals surface area contributed by atoms with Gasteiger partial charge in [-0.05, 0) is 43.2 Å². The van der Waals surface area contributed by atoms with E-state index in [0.717, 1.165) is 32.1 Å². The van der Waals surface area contributed by atoms with Gasteiger partial charge in [0.05, 0.1) is 5.41 Å². The molecule has 1 amide bonds. The average molecular weight is 288 g/mol. The van der Waals surface area contributed by atoms with Crippen molar-refractivity contribution in [2.24, 2.45) is 11.1 Å². The summed E-state index contributed by atoms with van der Waals surface area (Å²) >= 11 is 0. The minimum Gasteiger partial charge on any atom is -0.381 e. The molecule has 1 aromatic rings. The highest BCUT2D eigenvalue weighted by atomic mass is 16.5. The van der Waals surface area contributed by atoms with Crippen LogP contribution in [0.15, 0.2) is 24.3 Å². The number of carbonyl (C=O) groups is 1. The van der Waals surface area contributed by atoms with Gasteiger partial charge in [0.15, 0.2) is 0 Å². The van der Waals surface area contributed by atoms with Crippen molar-refractivity contribution >= 4 is 5.91 Å². The van der Waals surface area contributed by atoms with E-state index < -0.39 is 5.41 Å². The van der Waals surface area contributed by atoms with Crippen molar-refractivity contribution in [3.63, 3.8) is 0 Å². The predicted octanol–water partition coefficient (Wildman–Crippen LogP) is 1.42. The van der Waals surface area contributed by atoms with Gasteiger partial charge in [-0.3, -0.25) is 4.79 Å². The number of ether oxygens (including phenoxy) is 1. The molecule has 1 saturated heterocycles. The number of hydrogen-bond acceptors (Lipinski definition) is 3. The highest BCUT2D eigenvalue weighted by molar-refractivity contribution is 5.83. The number of carbonyl (C=O) groups excluding carboxylic acids is 1. The summed E-state index contributed by atoms with van der Waals surface area (Å²) in [7, 11) is 0. The normalized spacial score (nSPS) is 24.1. The molecule has 21 heavy (non-hydrogen) atoms. The molecule has 1 unspecified atom stereocenters. The number of nitrogens with one attached hydrogen (secondary N) is 1. The molecule has 1 atom stereocenters. The first kappa shape index (κ1) is 14.5. The second-order valence-corrected chi connectivity index (χ2v) is 6.28. The van der Waals surface area contributed by atoms with Crippen molar-refractivity contribution in [2.75, 3.05) is 19.8 Å². The monoisotopic (exact) mass is 288 g/mol. The summed E-state index contributed by atoms with van der Waals surface area (Å²) in [5.74, 6) is 0.123. The van der Waals surface area contributed by atoms with E-state index in [-0.39, 0.29) is 11.9 Å². The van der Waals surface area contributed by atoms with Crippen LogP contribution >= 0.6 is 0 Å². The van der Waals surface area contributed by atoms with E-state index in [9.17, 15) is 4.79 Å². The number of nitrogens with two attached hydrogens (primary N) is 1. The third-order valence-corrected chi connectivity index (χ3v) is 5.00. The fraction of sp³-hybridized carbons (Fsp3) is 0.588. The van der Waals surface area contributed by atoms with Gasteiger partial charge >= 0.3 is 0 Å². The highest BCUT2D eigenvalue weighted by Gasteiger charge is 2.39. The van der Waals surface area contributed by atoms with Gasteiger partial charge < -0.3 is 15.8 Å². The summed E-state index contributed by atoms with van der Waals surface area (Å²) in [5, 5.41) is 3.25. The molecule has 0 aromatic heterocycles. The quantitative estimate of drug-likeness (QED) is 0.884. The summed E-state index contributed by atoms with van der Waals surface area (Å²) in [6.45, 7) is 1.68. The molecule has 114 valence electrons. The van der Waals surface area contributed by atoms with E-state index in [1.807, 2.05) is 0 Å². The van der Waals surface area contributed by atoms with Crippen LogP contribution in [0.2, 0.25) is 0 Å². The molecule has 4 nitrogen and oxygen atoms in total. The maximum Gasteiger partial charge on any atom is 0.227 e. The minimum atomic E-state index is -0.421. The van der Waals surface area contributed by atoms with Crippen molar-refractivity contribution in [3.8, 4) is 0 Å². The summed E-state index contributed by atoms with van der Waals surface area (Å²) in [6, 6.07) is 8.75. The van der Waals surface area contributed by atoms with E-state index in [2.05, 4.69) is 29.6 Å². The van der Waals surface area contributed by atoms with Gasteiger partial charge in [-0.1, -0.05) is 24.3 Å². The number of fused-ring (bicyclic) bond motifs is 1. The van der Waals surface area contributed by atoms with Crippen LogP contribution in [0.5, 0.6) is 0 Å². The molecule has 3 rings (SSSR count). The van der Waals surface area contributed by atoms with Crippen molar-refractivity contribution in [1.82, 2.24) is 5.32 Å². The van der Waals surface area contributed by atoms with E-state index in [0.29, 0.717) is 19.8 Å².